The lowest BCUT2D eigenvalue weighted by atomic mass is 9.58. The van der Waals surface area contributed by atoms with E-state index in [1.165, 1.54) is 32.1 Å². The van der Waals surface area contributed by atoms with Crippen molar-refractivity contribution >= 4 is 7.85 Å². The van der Waals surface area contributed by atoms with Gasteiger partial charge in [0.15, 0.2) is 0 Å². The maximum Gasteiger partial charge on any atom is 0.0739 e. The first-order chi connectivity index (χ1) is 6.31. The van der Waals surface area contributed by atoms with Crippen molar-refractivity contribution in [3.05, 3.63) is 0 Å². The van der Waals surface area contributed by atoms with E-state index < -0.39 is 0 Å². The number of hydrogen-bond donors (Lipinski definition) is 0. The number of rotatable bonds is 3. The van der Waals surface area contributed by atoms with Crippen LogP contribution < -0.4 is 0 Å². The van der Waals surface area contributed by atoms with Crippen LogP contribution in [0.15, 0.2) is 0 Å². The van der Waals surface area contributed by atoms with Crippen LogP contribution in [-0.2, 0) is 0 Å². The van der Waals surface area contributed by atoms with E-state index in [1.807, 2.05) is 0 Å². The van der Waals surface area contributed by atoms with Crippen LogP contribution in [0.4, 0.5) is 0 Å². The van der Waals surface area contributed by atoms with Gasteiger partial charge in [-0.25, -0.2) is 0 Å². The Kier molecular flexibility index (Phi) is 3.72. The van der Waals surface area contributed by atoms with E-state index in [1.54, 1.807) is 0 Å². The second kappa shape index (κ2) is 4.29. The van der Waals surface area contributed by atoms with E-state index in [9.17, 15) is 0 Å². The molecule has 1 aliphatic rings. The molecule has 0 amide bonds. The molecular weight excluding hydrogens is 167 g/mol. The summed E-state index contributed by atoms with van der Waals surface area (Å²) < 4.78 is 0. The van der Waals surface area contributed by atoms with Gasteiger partial charge in [0.25, 0.3) is 0 Å². The van der Waals surface area contributed by atoms with Gasteiger partial charge in [0.1, 0.15) is 0 Å². The van der Waals surface area contributed by atoms with Crippen LogP contribution in [-0.4, -0.2) is 7.85 Å². The lowest BCUT2D eigenvalue weighted by Gasteiger charge is -2.41. The van der Waals surface area contributed by atoms with Gasteiger partial charge in [-0.1, -0.05) is 58.7 Å². The van der Waals surface area contributed by atoms with Gasteiger partial charge in [-0.2, -0.15) is 0 Å². The summed E-state index contributed by atoms with van der Waals surface area (Å²) in [6, 6.07) is 0. The van der Waals surface area contributed by atoms with Gasteiger partial charge in [-0.05, 0) is 24.2 Å². The average Bonchev–Trinajstić information content (AvgIpc) is 2.01. The third kappa shape index (κ3) is 3.67. The van der Waals surface area contributed by atoms with Crippen LogP contribution in [0.2, 0.25) is 5.31 Å². The fourth-order valence-corrected chi connectivity index (χ4v) is 3.20. The van der Waals surface area contributed by atoms with Gasteiger partial charge in [0.05, 0.1) is 7.85 Å². The smallest absolute Gasteiger partial charge is 0.0711 e. The Bertz CT molecular complexity index is 170. The van der Waals surface area contributed by atoms with Crippen molar-refractivity contribution in [1.82, 2.24) is 0 Å². The van der Waals surface area contributed by atoms with E-state index in [-0.39, 0.29) is 5.31 Å². The first-order valence-electron chi connectivity index (χ1n) is 6.10. The molecule has 0 aromatic rings. The highest BCUT2D eigenvalue weighted by Crippen LogP contribution is 2.46. The summed E-state index contributed by atoms with van der Waals surface area (Å²) in [7, 11) is 6.13. The van der Waals surface area contributed by atoms with Crippen molar-refractivity contribution in [3.63, 3.8) is 0 Å². The molecule has 1 fully saturated rings. The van der Waals surface area contributed by atoms with E-state index in [0.717, 1.165) is 12.3 Å². The van der Waals surface area contributed by atoms with Crippen molar-refractivity contribution in [2.24, 2.45) is 11.3 Å². The maximum absolute atomic E-state index is 6.13. The van der Waals surface area contributed by atoms with E-state index in [0.29, 0.717) is 5.41 Å². The molecule has 2 radical (unpaired) electrons. The second-order valence-corrected chi connectivity index (χ2v) is 6.49. The van der Waals surface area contributed by atoms with Gasteiger partial charge in [-0.15, -0.1) is 0 Å². The topological polar surface area (TPSA) is 0 Å². The summed E-state index contributed by atoms with van der Waals surface area (Å²) in [6.07, 6.45) is 8.29. The molecule has 0 saturated heterocycles. The summed E-state index contributed by atoms with van der Waals surface area (Å²) in [4.78, 5) is 0. The Labute approximate surface area is 91.3 Å². The first-order valence-corrected chi connectivity index (χ1v) is 6.10. The molecule has 80 valence electrons. The fraction of sp³-hybridized carbons (Fsp3) is 1.00. The minimum absolute atomic E-state index is 0.0129. The maximum atomic E-state index is 6.13. The molecule has 1 aliphatic carbocycles. The molecule has 0 N–H and O–H groups in total. The van der Waals surface area contributed by atoms with Crippen LogP contribution in [0.3, 0.4) is 0 Å². The van der Waals surface area contributed by atoms with Crippen molar-refractivity contribution < 1.29 is 0 Å². The van der Waals surface area contributed by atoms with E-state index in [4.69, 9.17) is 7.85 Å². The highest BCUT2D eigenvalue weighted by Gasteiger charge is 2.33. The molecule has 0 heterocycles. The zero-order valence-corrected chi connectivity index (χ0v) is 10.4. The van der Waals surface area contributed by atoms with Crippen molar-refractivity contribution in [2.45, 2.75) is 71.5 Å². The van der Waals surface area contributed by atoms with Gasteiger partial charge < -0.3 is 0 Å². The van der Waals surface area contributed by atoms with Crippen LogP contribution in [0.25, 0.3) is 0 Å². The molecule has 0 nitrogen and oxygen atoms in total. The largest absolute Gasteiger partial charge is 0.0739 e. The second-order valence-electron chi connectivity index (χ2n) is 6.49. The third-order valence-electron chi connectivity index (χ3n) is 3.62. The first kappa shape index (κ1) is 12.1. The Morgan fingerprint density at radius 1 is 1.00 bits per heavy atom. The molecule has 1 rings (SSSR count). The molecule has 0 unspecified atom stereocenters. The van der Waals surface area contributed by atoms with E-state index >= 15 is 0 Å². The summed E-state index contributed by atoms with van der Waals surface area (Å²) in [5.41, 5.74) is 0.429. The zero-order valence-electron chi connectivity index (χ0n) is 10.4. The summed E-state index contributed by atoms with van der Waals surface area (Å²) in [5, 5.41) is -0.0129. The number of hydrogen-bond acceptors (Lipinski definition) is 0. The normalized spacial score (nSPS) is 21.1. The highest BCUT2D eigenvalue weighted by atomic mass is 14.4. The van der Waals surface area contributed by atoms with Crippen LogP contribution in [0.5, 0.6) is 0 Å². The van der Waals surface area contributed by atoms with Crippen molar-refractivity contribution in [2.75, 3.05) is 0 Å². The molecule has 1 heteroatoms. The zero-order chi connectivity index (χ0) is 10.8. The summed E-state index contributed by atoms with van der Waals surface area (Å²) >= 11 is 0. The average molecular weight is 192 g/mol. The third-order valence-corrected chi connectivity index (χ3v) is 3.62. The van der Waals surface area contributed by atoms with Gasteiger partial charge in [-0.3, -0.25) is 0 Å². The van der Waals surface area contributed by atoms with Crippen molar-refractivity contribution in [3.8, 4) is 0 Å². The molecule has 0 bridgehead atoms. The minimum atomic E-state index is -0.0129. The molecular formula is C13H25B. The van der Waals surface area contributed by atoms with Crippen LogP contribution >= 0.6 is 0 Å². The molecule has 0 aromatic heterocycles. The van der Waals surface area contributed by atoms with Gasteiger partial charge in [0.2, 0.25) is 0 Å². The lowest BCUT2D eigenvalue weighted by Crippen LogP contribution is -2.29. The lowest BCUT2D eigenvalue weighted by molar-refractivity contribution is 0.132. The predicted octanol–water partition coefficient (Wildman–Crippen LogP) is 4.35. The monoisotopic (exact) mass is 192 g/mol. The molecule has 0 spiro atoms. The summed E-state index contributed by atoms with van der Waals surface area (Å²) in [6.45, 7) is 9.10. The molecule has 0 aromatic carbocycles. The minimum Gasteiger partial charge on any atom is -0.0711 e. The Morgan fingerprint density at radius 3 is 1.93 bits per heavy atom. The van der Waals surface area contributed by atoms with Crippen LogP contribution in [0, 0.1) is 11.3 Å². The Hall–Kier alpha value is 0.0649. The molecule has 0 atom stereocenters. The fourth-order valence-electron chi connectivity index (χ4n) is 3.20. The quantitative estimate of drug-likeness (QED) is 0.583. The Morgan fingerprint density at radius 2 is 1.50 bits per heavy atom. The Balaban J connectivity index is 2.54. The van der Waals surface area contributed by atoms with Crippen LogP contribution in [0.1, 0.15) is 66.2 Å². The highest BCUT2D eigenvalue weighted by molar-refractivity contribution is 6.14. The van der Waals surface area contributed by atoms with Crippen molar-refractivity contribution in [1.29, 1.82) is 0 Å². The predicted molar refractivity (Wildman–Crippen MR) is 64.8 cm³/mol. The van der Waals surface area contributed by atoms with E-state index in [2.05, 4.69) is 27.7 Å². The molecule has 0 aliphatic heterocycles. The van der Waals surface area contributed by atoms with Gasteiger partial charge >= 0.3 is 0 Å². The van der Waals surface area contributed by atoms with Gasteiger partial charge in [0, 0.05) is 0 Å². The summed E-state index contributed by atoms with van der Waals surface area (Å²) in [5.74, 6) is 0.902. The standard InChI is InChI=1S/C13H25B/c1-12(2,10-13(3,4)14)11-8-6-5-7-9-11/h11H,5-10H2,1-4H3. The SMILES string of the molecule is [B]C(C)(C)CC(C)(C)C1CCCCC1. The molecule has 1 saturated carbocycles. The molecule has 14 heavy (non-hydrogen) atoms.